The number of likely N-dealkylation sites (N-methyl/N-ethyl adjacent to an activating group) is 1. The maximum Gasteiger partial charge on any atom is 0.307 e. The van der Waals surface area contributed by atoms with E-state index in [0.717, 1.165) is 36.7 Å². The number of amides is 1. The Labute approximate surface area is 169 Å². The number of ether oxygens (including phenoxy) is 1. The molecule has 29 heavy (non-hydrogen) atoms. The van der Waals surface area contributed by atoms with Gasteiger partial charge in [0.15, 0.2) is 0 Å². The smallest absolute Gasteiger partial charge is 0.307 e. The Morgan fingerprint density at radius 2 is 2.24 bits per heavy atom. The van der Waals surface area contributed by atoms with Gasteiger partial charge in [-0.1, -0.05) is 12.1 Å². The largest absolute Gasteiger partial charge is 0.437 e. The van der Waals surface area contributed by atoms with Crippen molar-refractivity contribution in [2.75, 3.05) is 39.8 Å². The molecule has 1 saturated heterocycles. The van der Waals surface area contributed by atoms with Crippen LogP contribution in [0.5, 0.6) is 0 Å². The molecule has 3 heterocycles. The highest BCUT2D eigenvalue weighted by Gasteiger charge is 2.26. The predicted octanol–water partition coefficient (Wildman–Crippen LogP) is 1.74. The number of halogens is 1. The van der Waals surface area contributed by atoms with Gasteiger partial charge >= 0.3 is 5.91 Å². The summed E-state index contributed by atoms with van der Waals surface area (Å²) in [4.78, 5) is 21.3. The number of hydrogen-bond acceptors (Lipinski definition) is 6. The van der Waals surface area contributed by atoms with Gasteiger partial charge in [-0.2, -0.15) is 0 Å². The van der Waals surface area contributed by atoms with Crippen LogP contribution in [0.3, 0.4) is 0 Å². The van der Waals surface area contributed by atoms with E-state index in [4.69, 9.17) is 9.15 Å². The Morgan fingerprint density at radius 1 is 1.38 bits per heavy atom. The van der Waals surface area contributed by atoms with Crippen molar-refractivity contribution in [1.82, 2.24) is 20.1 Å². The number of oxazole rings is 1. The van der Waals surface area contributed by atoms with Crippen LogP contribution < -0.4 is 5.32 Å². The van der Waals surface area contributed by atoms with Gasteiger partial charge in [-0.25, -0.2) is 9.37 Å². The molecule has 1 fully saturated rings. The van der Waals surface area contributed by atoms with Gasteiger partial charge in [-0.3, -0.25) is 9.69 Å². The maximum absolute atomic E-state index is 13.5. The summed E-state index contributed by atoms with van der Waals surface area (Å²) in [6.07, 6.45) is 0.684. The Morgan fingerprint density at radius 3 is 3.03 bits per heavy atom. The van der Waals surface area contributed by atoms with E-state index in [1.165, 1.54) is 6.07 Å². The summed E-state index contributed by atoms with van der Waals surface area (Å²) in [7, 11) is 2.04. The Bertz CT molecular complexity index is 885. The van der Waals surface area contributed by atoms with Crippen molar-refractivity contribution >= 4 is 5.91 Å². The second-order valence-corrected chi connectivity index (χ2v) is 7.90. The van der Waals surface area contributed by atoms with Crippen molar-refractivity contribution in [2.24, 2.45) is 0 Å². The van der Waals surface area contributed by atoms with E-state index in [9.17, 15) is 9.18 Å². The predicted molar refractivity (Wildman–Crippen MR) is 105 cm³/mol. The lowest BCUT2D eigenvalue weighted by molar-refractivity contribution is -0.0176. The summed E-state index contributed by atoms with van der Waals surface area (Å²) in [5.41, 5.74) is 2.51. The number of rotatable bonds is 5. The van der Waals surface area contributed by atoms with E-state index in [-0.39, 0.29) is 23.7 Å². The van der Waals surface area contributed by atoms with Gasteiger partial charge < -0.3 is 19.4 Å². The number of hydrogen-bond donors (Lipinski definition) is 1. The highest BCUT2D eigenvalue weighted by Crippen LogP contribution is 2.22. The fourth-order valence-corrected chi connectivity index (χ4v) is 3.82. The molecule has 2 aliphatic heterocycles. The van der Waals surface area contributed by atoms with Crippen LogP contribution in [0, 0.1) is 12.7 Å². The monoisotopic (exact) mass is 402 g/mol. The zero-order valence-corrected chi connectivity index (χ0v) is 16.9. The molecule has 1 amide bonds. The van der Waals surface area contributed by atoms with Gasteiger partial charge in [0.2, 0.25) is 0 Å². The normalized spacial score (nSPS) is 20.4. The molecule has 1 aromatic carbocycles. The molecule has 7 nitrogen and oxygen atoms in total. The molecule has 1 atom stereocenters. The fraction of sp³-hybridized carbons (Fsp3) is 0.524. The van der Waals surface area contributed by atoms with E-state index >= 15 is 0 Å². The van der Waals surface area contributed by atoms with E-state index in [1.54, 1.807) is 6.92 Å². The summed E-state index contributed by atoms with van der Waals surface area (Å²) in [6, 6.07) is 5.19. The number of carbonyl (C=O) groups excluding carboxylic acids is 1. The molecule has 2 aliphatic rings. The van der Waals surface area contributed by atoms with Gasteiger partial charge in [0.25, 0.3) is 5.89 Å². The van der Waals surface area contributed by atoms with Crippen molar-refractivity contribution in [1.29, 1.82) is 0 Å². The van der Waals surface area contributed by atoms with E-state index in [0.29, 0.717) is 38.2 Å². The lowest BCUT2D eigenvalue weighted by atomic mass is 10.1. The minimum absolute atomic E-state index is 0.0167. The second-order valence-electron chi connectivity index (χ2n) is 7.90. The number of nitrogens with zero attached hydrogens (tertiary/aromatic N) is 3. The lowest BCUT2D eigenvalue weighted by Gasteiger charge is -2.29. The Hall–Kier alpha value is -2.29. The van der Waals surface area contributed by atoms with Gasteiger partial charge in [-0.05, 0) is 31.2 Å². The third kappa shape index (κ3) is 4.83. The number of aromatic nitrogens is 1. The van der Waals surface area contributed by atoms with Crippen LogP contribution in [0.4, 0.5) is 4.39 Å². The average Bonchev–Trinajstić information content (AvgIpc) is 3.12. The number of nitrogens with one attached hydrogen (secondary N) is 1. The zero-order chi connectivity index (χ0) is 20.4. The van der Waals surface area contributed by atoms with Crippen LogP contribution in [0.25, 0.3) is 0 Å². The van der Waals surface area contributed by atoms with Gasteiger partial charge in [0.05, 0.1) is 18.4 Å². The topological polar surface area (TPSA) is 70.8 Å². The minimum atomic E-state index is -0.308. The van der Waals surface area contributed by atoms with Crippen molar-refractivity contribution in [3.05, 3.63) is 52.5 Å². The van der Waals surface area contributed by atoms with Crippen LogP contribution >= 0.6 is 0 Å². The van der Waals surface area contributed by atoms with Crippen LogP contribution in [-0.2, 0) is 24.2 Å². The van der Waals surface area contributed by atoms with Crippen LogP contribution in [0.2, 0.25) is 0 Å². The molecule has 1 N–H and O–H groups in total. The molecular weight excluding hydrogens is 375 g/mol. The van der Waals surface area contributed by atoms with Gasteiger partial charge in [0, 0.05) is 45.7 Å². The van der Waals surface area contributed by atoms with Crippen molar-refractivity contribution in [3.8, 4) is 0 Å². The molecule has 0 aliphatic carbocycles. The first-order valence-corrected chi connectivity index (χ1v) is 10.0. The molecule has 156 valence electrons. The summed E-state index contributed by atoms with van der Waals surface area (Å²) < 4.78 is 24.8. The lowest BCUT2D eigenvalue weighted by Crippen LogP contribution is -2.45. The first-order valence-electron chi connectivity index (χ1n) is 10.0. The minimum Gasteiger partial charge on any atom is -0.437 e. The van der Waals surface area contributed by atoms with E-state index < -0.39 is 0 Å². The molecular formula is C21H27FN4O3. The summed E-state index contributed by atoms with van der Waals surface area (Å²) in [6.45, 7) is 6.71. The molecule has 4 rings (SSSR count). The number of morpholine rings is 1. The quantitative estimate of drug-likeness (QED) is 0.822. The molecule has 0 radical (unpaired) electrons. The zero-order valence-electron chi connectivity index (χ0n) is 16.9. The molecule has 0 bridgehead atoms. The second kappa shape index (κ2) is 8.61. The van der Waals surface area contributed by atoms with Crippen molar-refractivity contribution in [2.45, 2.75) is 32.5 Å². The number of fused-ring (bicyclic) bond motifs is 1. The Kier molecular flexibility index (Phi) is 5.94. The third-order valence-electron chi connectivity index (χ3n) is 5.46. The maximum atomic E-state index is 13.5. The number of benzene rings is 1. The highest BCUT2D eigenvalue weighted by molar-refractivity contribution is 5.89. The first kappa shape index (κ1) is 20.0. The molecule has 1 aromatic heterocycles. The van der Waals surface area contributed by atoms with Crippen LogP contribution in [-0.4, -0.2) is 66.6 Å². The average molecular weight is 402 g/mol. The molecule has 2 aromatic rings. The SMILES string of the molecule is Cc1cc(CN2CCc3oc(C(=O)NCC4CN(C)CCO4)nc3C2)ccc1F. The highest BCUT2D eigenvalue weighted by atomic mass is 19.1. The summed E-state index contributed by atoms with van der Waals surface area (Å²) in [5.74, 6) is 0.387. The van der Waals surface area contributed by atoms with Gasteiger partial charge in [-0.15, -0.1) is 0 Å². The van der Waals surface area contributed by atoms with Crippen LogP contribution in [0.1, 0.15) is 33.3 Å². The number of carbonyl (C=O) groups is 1. The summed E-state index contributed by atoms with van der Waals surface area (Å²) >= 11 is 0. The third-order valence-corrected chi connectivity index (χ3v) is 5.46. The van der Waals surface area contributed by atoms with Gasteiger partial charge in [0.1, 0.15) is 11.6 Å². The first-order chi connectivity index (χ1) is 14.0. The molecule has 0 spiro atoms. The Balaban J connectivity index is 1.34. The van der Waals surface area contributed by atoms with Crippen molar-refractivity contribution in [3.63, 3.8) is 0 Å². The standard InChI is InChI=1S/C21H27FN4O3/c1-14-9-15(3-4-17(14)22)11-26-6-5-19-18(13-26)24-21(29-19)20(27)23-10-16-12-25(2)7-8-28-16/h3-4,9,16H,5-8,10-13H2,1-2H3,(H,23,27). The molecule has 0 saturated carbocycles. The van der Waals surface area contributed by atoms with E-state index in [2.05, 4.69) is 20.1 Å². The summed E-state index contributed by atoms with van der Waals surface area (Å²) in [5, 5.41) is 2.86. The van der Waals surface area contributed by atoms with E-state index in [1.807, 2.05) is 19.2 Å². The number of aryl methyl sites for hydroxylation is 1. The molecule has 8 heteroatoms. The van der Waals surface area contributed by atoms with Crippen molar-refractivity contribution < 1.29 is 18.3 Å². The molecule has 1 unspecified atom stereocenters. The fourth-order valence-electron chi connectivity index (χ4n) is 3.82. The van der Waals surface area contributed by atoms with Crippen LogP contribution in [0.15, 0.2) is 22.6 Å².